The van der Waals surface area contributed by atoms with Gasteiger partial charge in [-0.05, 0) is 18.2 Å². The van der Waals surface area contributed by atoms with Gasteiger partial charge in [-0.15, -0.1) is 0 Å². The molecule has 0 spiro atoms. The molecule has 3 N–H and O–H groups in total. The van der Waals surface area contributed by atoms with Gasteiger partial charge in [-0.1, -0.05) is 16.8 Å². The molecule has 0 saturated carbocycles. The summed E-state index contributed by atoms with van der Waals surface area (Å²) in [6, 6.07) is 4.94. The Morgan fingerprint density at radius 1 is 1.30 bits per heavy atom. The zero-order chi connectivity index (χ0) is 14.8. The van der Waals surface area contributed by atoms with Gasteiger partial charge < -0.3 is 25.2 Å². The summed E-state index contributed by atoms with van der Waals surface area (Å²) in [6.07, 6.45) is 0.752. The van der Waals surface area contributed by atoms with Crippen molar-refractivity contribution in [2.24, 2.45) is 10.9 Å². The molecule has 0 aliphatic heterocycles. The number of hydrogen-bond donors (Lipinski definition) is 2. The van der Waals surface area contributed by atoms with Crippen LogP contribution in [0.2, 0.25) is 5.02 Å². The van der Waals surface area contributed by atoms with Gasteiger partial charge in [0.2, 0.25) is 0 Å². The third kappa shape index (κ3) is 5.64. The molecule has 112 valence electrons. The molecule has 0 unspecified atom stereocenters. The number of hydrogen-bond acceptors (Lipinski definition) is 5. The van der Waals surface area contributed by atoms with Crippen molar-refractivity contribution < 1.29 is 19.4 Å². The second-order valence-corrected chi connectivity index (χ2v) is 4.34. The summed E-state index contributed by atoms with van der Waals surface area (Å²) in [7, 11) is 1.63. The van der Waals surface area contributed by atoms with Crippen LogP contribution in [0.15, 0.2) is 23.4 Å². The largest absolute Gasteiger partial charge is 0.492 e. The molecule has 1 aromatic rings. The number of halogens is 1. The molecule has 1 rings (SSSR count). The van der Waals surface area contributed by atoms with Gasteiger partial charge >= 0.3 is 0 Å². The first-order valence-corrected chi connectivity index (χ1v) is 6.53. The molecule has 0 radical (unpaired) electrons. The molecule has 20 heavy (non-hydrogen) atoms. The van der Waals surface area contributed by atoms with Crippen LogP contribution in [0.3, 0.4) is 0 Å². The van der Waals surface area contributed by atoms with Crippen LogP contribution in [0.1, 0.15) is 12.0 Å². The summed E-state index contributed by atoms with van der Waals surface area (Å²) in [5.74, 6) is 0.558. The number of rotatable bonds is 9. The second-order valence-electron chi connectivity index (χ2n) is 3.94. The first kappa shape index (κ1) is 16.6. The van der Waals surface area contributed by atoms with E-state index in [4.69, 9.17) is 36.8 Å². The molecule has 7 heteroatoms. The van der Waals surface area contributed by atoms with Crippen molar-refractivity contribution in [2.45, 2.75) is 6.42 Å². The third-order valence-electron chi connectivity index (χ3n) is 2.46. The Kier molecular flexibility index (Phi) is 7.79. The third-order valence-corrected chi connectivity index (χ3v) is 2.75. The van der Waals surface area contributed by atoms with Gasteiger partial charge in [0.15, 0.2) is 5.84 Å². The van der Waals surface area contributed by atoms with Crippen LogP contribution in [0.5, 0.6) is 5.75 Å². The van der Waals surface area contributed by atoms with Crippen LogP contribution in [0, 0.1) is 0 Å². The lowest BCUT2D eigenvalue weighted by Crippen LogP contribution is -2.13. The minimum atomic E-state index is 0.00462. The molecule has 0 aliphatic carbocycles. The van der Waals surface area contributed by atoms with E-state index in [-0.39, 0.29) is 5.84 Å². The minimum absolute atomic E-state index is 0.00462. The van der Waals surface area contributed by atoms with Crippen molar-refractivity contribution in [1.82, 2.24) is 0 Å². The predicted molar refractivity (Wildman–Crippen MR) is 76.8 cm³/mol. The van der Waals surface area contributed by atoms with Gasteiger partial charge in [-0.3, -0.25) is 0 Å². The highest BCUT2D eigenvalue weighted by atomic mass is 35.5. The van der Waals surface area contributed by atoms with Gasteiger partial charge in [0.25, 0.3) is 0 Å². The fourth-order valence-corrected chi connectivity index (χ4v) is 1.66. The molecule has 0 atom stereocenters. The highest BCUT2D eigenvalue weighted by Crippen LogP contribution is 2.25. The quantitative estimate of drug-likeness (QED) is 0.239. The number of nitrogens with two attached hydrogens (primary N) is 1. The predicted octanol–water partition coefficient (Wildman–Crippen LogP) is 1.87. The topological polar surface area (TPSA) is 86.3 Å². The highest BCUT2D eigenvalue weighted by Gasteiger charge is 2.06. The smallest absolute Gasteiger partial charge is 0.170 e. The molecular weight excluding hydrogens is 284 g/mol. The van der Waals surface area contributed by atoms with E-state index in [0.717, 1.165) is 6.42 Å². The number of ether oxygens (including phenoxy) is 3. The van der Waals surface area contributed by atoms with E-state index in [2.05, 4.69) is 5.16 Å². The maximum atomic E-state index is 8.58. The van der Waals surface area contributed by atoms with E-state index in [9.17, 15) is 0 Å². The molecule has 0 aromatic heterocycles. The van der Waals surface area contributed by atoms with Crippen LogP contribution in [0.25, 0.3) is 0 Å². The van der Waals surface area contributed by atoms with E-state index >= 15 is 0 Å². The molecular formula is C13H19ClN2O4. The summed E-state index contributed by atoms with van der Waals surface area (Å²) < 4.78 is 15.7. The maximum absolute atomic E-state index is 8.58. The molecule has 0 fully saturated rings. The number of benzene rings is 1. The standard InChI is InChI=1S/C13H19ClN2O4/c1-18-7-8-19-5-2-6-20-12-4-3-10(9-11(12)14)13(15)16-17/h3-4,9,17H,2,5-8H2,1H3,(H2,15,16). The number of amidine groups is 1. The molecule has 0 heterocycles. The lowest BCUT2D eigenvalue weighted by Gasteiger charge is -2.09. The average Bonchev–Trinajstić information content (AvgIpc) is 2.46. The van der Waals surface area contributed by atoms with Crippen molar-refractivity contribution in [1.29, 1.82) is 0 Å². The van der Waals surface area contributed by atoms with Crippen molar-refractivity contribution in [3.8, 4) is 5.75 Å². The van der Waals surface area contributed by atoms with Gasteiger partial charge in [-0.2, -0.15) is 0 Å². The van der Waals surface area contributed by atoms with Gasteiger partial charge in [0, 0.05) is 25.7 Å². The Hall–Kier alpha value is -1.50. The summed E-state index contributed by atoms with van der Waals surface area (Å²) in [5, 5.41) is 11.9. The molecule has 0 saturated heterocycles. The summed E-state index contributed by atoms with van der Waals surface area (Å²) in [4.78, 5) is 0. The van der Waals surface area contributed by atoms with E-state index in [1.807, 2.05) is 0 Å². The lowest BCUT2D eigenvalue weighted by molar-refractivity contribution is 0.0644. The zero-order valence-corrected chi connectivity index (χ0v) is 12.1. The Morgan fingerprint density at radius 3 is 2.75 bits per heavy atom. The first-order valence-electron chi connectivity index (χ1n) is 6.16. The van der Waals surface area contributed by atoms with E-state index in [1.54, 1.807) is 25.3 Å². The van der Waals surface area contributed by atoms with Crippen LogP contribution >= 0.6 is 11.6 Å². The summed E-state index contributed by atoms with van der Waals surface area (Å²) >= 11 is 6.05. The van der Waals surface area contributed by atoms with E-state index in [0.29, 0.717) is 42.8 Å². The van der Waals surface area contributed by atoms with Crippen molar-refractivity contribution in [3.63, 3.8) is 0 Å². The normalized spacial score (nSPS) is 11.6. The SMILES string of the molecule is COCCOCCCOc1ccc(/C(N)=N/O)cc1Cl. The highest BCUT2D eigenvalue weighted by molar-refractivity contribution is 6.32. The number of methoxy groups -OCH3 is 1. The van der Waals surface area contributed by atoms with Crippen molar-refractivity contribution in [3.05, 3.63) is 28.8 Å². The minimum Gasteiger partial charge on any atom is -0.492 e. The van der Waals surface area contributed by atoms with E-state index in [1.165, 1.54) is 0 Å². The van der Waals surface area contributed by atoms with Crippen LogP contribution in [-0.2, 0) is 9.47 Å². The maximum Gasteiger partial charge on any atom is 0.170 e. The fourth-order valence-electron chi connectivity index (χ4n) is 1.42. The van der Waals surface area contributed by atoms with Gasteiger partial charge in [0.1, 0.15) is 5.75 Å². The molecule has 0 aliphatic rings. The fraction of sp³-hybridized carbons (Fsp3) is 0.462. The van der Waals surface area contributed by atoms with Crippen LogP contribution in [-0.4, -0.2) is 44.6 Å². The Morgan fingerprint density at radius 2 is 2.10 bits per heavy atom. The Labute approximate surface area is 123 Å². The van der Waals surface area contributed by atoms with Gasteiger partial charge in [0.05, 0.1) is 24.8 Å². The monoisotopic (exact) mass is 302 g/mol. The Balaban J connectivity index is 2.34. The van der Waals surface area contributed by atoms with Crippen LogP contribution < -0.4 is 10.5 Å². The molecule has 6 nitrogen and oxygen atoms in total. The number of oxime groups is 1. The van der Waals surface area contributed by atoms with E-state index < -0.39 is 0 Å². The lowest BCUT2D eigenvalue weighted by atomic mass is 10.2. The molecule has 0 bridgehead atoms. The van der Waals surface area contributed by atoms with Gasteiger partial charge in [-0.25, -0.2) is 0 Å². The average molecular weight is 303 g/mol. The summed E-state index contributed by atoms with van der Waals surface area (Å²) in [6.45, 7) is 2.26. The zero-order valence-electron chi connectivity index (χ0n) is 11.3. The van der Waals surface area contributed by atoms with Crippen molar-refractivity contribution >= 4 is 17.4 Å². The molecule has 0 amide bonds. The second kappa shape index (κ2) is 9.41. The Bertz CT molecular complexity index is 440. The van der Waals surface area contributed by atoms with Crippen LogP contribution in [0.4, 0.5) is 0 Å². The summed E-state index contributed by atoms with van der Waals surface area (Å²) in [5.41, 5.74) is 6.00. The molecule has 1 aromatic carbocycles. The van der Waals surface area contributed by atoms with Crippen molar-refractivity contribution in [2.75, 3.05) is 33.5 Å². The first-order chi connectivity index (χ1) is 9.69. The number of nitrogens with zero attached hydrogens (tertiary/aromatic N) is 1.